The van der Waals surface area contributed by atoms with E-state index in [1.165, 1.54) is 25.6 Å². The van der Waals surface area contributed by atoms with Crippen molar-refractivity contribution in [3.8, 4) is 17.2 Å². The first-order valence-corrected chi connectivity index (χ1v) is 10.2. The minimum atomic E-state index is -1.10. The summed E-state index contributed by atoms with van der Waals surface area (Å²) in [4.78, 5) is 43.3. The molecule has 174 valence electrons. The van der Waals surface area contributed by atoms with Gasteiger partial charge in [0.25, 0.3) is 5.56 Å². The van der Waals surface area contributed by atoms with Crippen molar-refractivity contribution in [2.75, 3.05) is 21.3 Å². The Bertz CT molecular complexity index is 1540. The standard InChI is InChI=1S/C22H25N5O6/c1-11-12(2)26-17-18(24(4)22(30)27(19(17)28)13(3)20(29)33-7)23-21(26)25(11)15-10-14(31-5)8-9-16(15)32-6/h8-10,13H,1-7H3/t13-/m0/s1. The lowest BCUT2D eigenvalue weighted by Gasteiger charge is -2.14. The molecule has 11 nitrogen and oxygen atoms in total. The van der Waals surface area contributed by atoms with Crippen molar-refractivity contribution in [3.05, 3.63) is 50.4 Å². The van der Waals surface area contributed by atoms with Gasteiger partial charge >= 0.3 is 11.7 Å². The van der Waals surface area contributed by atoms with Gasteiger partial charge in [-0.1, -0.05) is 0 Å². The Morgan fingerprint density at radius 2 is 1.76 bits per heavy atom. The first kappa shape index (κ1) is 22.2. The number of fused-ring (bicyclic) bond motifs is 3. The maximum absolute atomic E-state index is 13.5. The van der Waals surface area contributed by atoms with Gasteiger partial charge in [-0.3, -0.25) is 18.3 Å². The molecule has 0 amide bonds. The Balaban J connectivity index is 2.17. The van der Waals surface area contributed by atoms with E-state index in [0.29, 0.717) is 23.0 Å². The summed E-state index contributed by atoms with van der Waals surface area (Å²) in [5, 5.41) is 0. The zero-order chi connectivity index (χ0) is 24.2. The van der Waals surface area contributed by atoms with Gasteiger partial charge in [-0.15, -0.1) is 0 Å². The van der Waals surface area contributed by atoms with Gasteiger partial charge in [0.2, 0.25) is 5.78 Å². The summed E-state index contributed by atoms with van der Waals surface area (Å²) in [6.07, 6.45) is 0. The number of methoxy groups -OCH3 is 3. The molecular formula is C22H25N5O6. The molecule has 0 saturated heterocycles. The first-order valence-electron chi connectivity index (χ1n) is 10.2. The lowest BCUT2D eigenvalue weighted by Crippen LogP contribution is -2.43. The van der Waals surface area contributed by atoms with E-state index in [0.717, 1.165) is 16.0 Å². The van der Waals surface area contributed by atoms with Gasteiger partial charge in [0, 0.05) is 24.5 Å². The van der Waals surface area contributed by atoms with Crippen LogP contribution in [0, 0.1) is 13.8 Å². The molecule has 0 aliphatic heterocycles. The van der Waals surface area contributed by atoms with Gasteiger partial charge in [0.05, 0.1) is 27.0 Å². The number of aryl methyl sites for hydroxylation is 2. The highest BCUT2D eigenvalue weighted by Crippen LogP contribution is 2.32. The van der Waals surface area contributed by atoms with E-state index >= 15 is 0 Å². The van der Waals surface area contributed by atoms with Crippen LogP contribution in [0.1, 0.15) is 24.4 Å². The molecule has 0 fully saturated rings. The quantitative estimate of drug-likeness (QED) is 0.420. The number of hydrogen-bond donors (Lipinski definition) is 0. The van der Waals surface area contributed by atoms with Gasteiger partial charge in [0.15, 0.2) is 11.2 Å². The summed E-state index contributed by atoms with van der Waals surface area (Å²) in [6, 6.07) is 4.27. The Hall–Kier alpha value is -4.02. The van der Waals surface area contributed by atoms with Crippen molar-refractivity contribution >= 4 is 22.9 Å². The average molecular weight is 455 g/mol. The fourth-order valence-electron chi connectivity index (χ4n) is 4.09. The van der Waals surface area contributed by atoms with Gasteiger partial charge in [-0.2, -0.15) is 4.98 Å². The van der Waals surface area contributed by atoms with Gasteiger partial charge in [-0.05, 0) is 32.9 Å². The number of esters is 1. The number of nitrogens with zero attached hydrogens (tertiary/aromatic N) is 5. The van der Waals surface area contributed by atoms with Crippen LogP contribution in [0.2, 0.25) is 0 Å². The van der Waals surface area contributed by atoms with Crippen LogP contribution in [0.5, 0.6) is 11.5 Å². The van der Waals surface area contributed by atoms with E-state index in [1.807, 2.05) is 18.4 Å². The lowest BCUT2D eigenvalue weighted by atomic mass is 10.2. The maximum Gasteiger partial charge on any atom is 0.333 e. The molecule has 4 rings (SSSR count). The number of aromatic nitrogens is 5. The van der Waals surface area contributed by atoms with Crippen LogP contribution in [-0.2, 0) is 16.6 Å². The van der Waals surface area contributed by atoms with Crippen LogP contribution in [-0.4, -0.2) is 50.4 Å². The highest BCUT2D eigenvalue weighted by Gasteiger charge is 2.28. The molecule has 0 aliphatic rings. The lowest BCUT2D eigenvalue weighted by molar-refractivity contribution is -0.144. The molecule has 1 atom stereocenters. The largest absolute Gasteiger partial charge is 0.497 e. The van der Waals surface area contributed by atoms with E-state index in [9.17, 15) is 14.4 Å². The number of carbonyl (C=O) groups excluding carboxylic acids is 1. The molecule has 1 aromatic carbocycles. The second kappa shape index (κ2) is 7.84. The Labute approximate surface area is 188 Å². The van der Waals surface area contributed by atoms with Crippen LogP contribution >= 0.6 is 0 Å². The van der Waals surface area contributed by atoms with Gasteiger partial charge in [-0.25, -0.2) is 14.2 Å². The van der Waals surface area contributed by atoms with E-state index < -0.39 is 23.3 Å². The van der Waals surface area contributed by atoms with Crippen molar-refractivity contribution in [1.29, 1.82) is 0 Å². The van der Waals surface area contributed by atoms with Crippen LogP contribution in [0.25, 0.3) is 22.6 Å². The van der Waals surface area contributed by atoms with Crippen LogP contribution in [0.4, 0.5) is 0 Å². The van der Waals surface area contributed by atoms with Crippen molar-refractivity contribution in [3.63, 3.8) is 0 Å². The van der Waals surface area contributed by atoms with Gasteiger partial charge in [0.1, 0.15) is 17.5 Å². The Morgan fingerprint density at radius 1 is 1.06 bits per heavy atom. The smallest absolute Gasteiger partial charge is 0.333 e. The summed E-state index contributed by atoms with van der Waals surface area (Å²) in [5.41, 5.74) is 1.31. The third-order valence-electron chi connectivity index (χ3n) is 6.02. The molecule has 0 unspecified atom stereocenters. The van der Waals surface area contributed by atoms with Crippen LogP contribution < -0.4 is 20.7 Å². The summed E-state index contributed by atoms with van der Waals surface area (Å²) in [6.45, 7) is 5.20. The second-order valence-corrected chi connectivity index (χ2v) is 7.68. The molecule has 11 heteroatoms. The first-order chi connectivity index (χ1) is 15.7. The highest BCUT2D eigenvalue weighted by atomic mass is 16.5. The number of hydrogen-bond acceptors (Lipinski definition) is 7. The monoisotopic (exact) mass is 455 g/mol. The molecule has 0 spiro atoms. The zero-order valence-corrected chi connectivity index (χ0v) is 19.5. The van der Waals surface area contributed by atoms with E-state index in [-0.39, 0.29) is 11.2 Å². The third kappa shape index (κ3) is 3.03. The fraction of sp³-hybridized carbons (Fsp3) is 0.364. The molecule has 3 aromatic heterocycles. The number of imidazole rings is 2. The normalized spacial score (nSPS) is 12.3. The topological polar surface area (TPSA) is 111 Å². The van der Waals surface area contributed by atoms with Crippen molar-refractivity contribution < 1.29 is 19.0 Å². The summed E-state index contributed by atoms with van der Waals surface area (Å²) < 4.78 is 21.4. The summed E-state index contributed by atoms with van der Waals surface area (Å²) in [5.74, 6) is 0.921. The van der Waals surface area contributed by atoms with Crippen molar-refractivity contribution in [2.45, 2.75) is 26.8 Å². The number of benzene rings is 1. The van der Waals surface area contributed by atoms with Crippen molar-refractivity contribution in [2.24, 2.45) is 7.05 Å². The molecular weight excluding hydrogens is 430 g/mol. The summed E-state index contributed by atoms with van der Waals surface area (Å²) >= 11 is 0. The predicted octanol–water partition coefficient (Wildman–Crippen LogP) is 1.51. The van der Waals surface area contributed by atoms with E-state index in [4.69, 9.17) is 14.2 Å². The maximum atomic E-state index is 13.5. The van der Waals surface area contributed by atoms with Crippen LogP contribution in [0.15, 0.2) is 27.8 Å². The second-order valence-electron chi connectivity index (χ2n) is 7.68. The fourth-order valence-corrected chi connectivity index (χ4v) is 4.09. The third-order valence-corrected chi connectivity index (χ3v) is 6.02. The number of ether oxygens (including phenoxy) is 3. The molecule has 4 aromatic rings. The zero-order valence-electron chi connectivity index (χ0n) is 19.5. The molecule has 33 heavy (non-hydrogen) atoms. The molecule has 0 bridgehead atoms. The molecule has 0 N–H and O–H groups in total. The number of rotatable bonds is 5. The van der Waals surface area contributed by atoms with Crippen molar-refractivity contribution in [1.82, 2.24) is 23.1 Å². The van der Waals surface area contributed by atoms with Crippen LogP contribution in [0.3, 0.4) is 0 Å². The Kier molecular flexibility index (Phi) is 5.27. The summed E-state index contributed by atoms with van der Waals surface area (Å²) in [7, 11) is 5.85. The number of carbonyl (C=O) groups is 1. The highest BCUT2D eigenvalue weighted by molar-refractivity contribution is 5.79. The Morgan fingerprint density at radius 3 is 2.36 bits per heavy atom. The molecule has 0 aliphatic carbocycles. The van der Waals surface area contributed by atoms with Gasteiger partial charge < -0.3 is 14.2 Å². The van der Waals surface area contributed by atoms with E-state index in [2.05, 4.69) is 4.98 Å². The average Bonchev–Trinajstić information content (AvgIpc) is 3.31. The van der Waals surface area contributed by atoms with E-state index in [1.54, 1.807) is 36.8 Å². The SMILES string of the molecule is COC(=O)[C@H](C)n1c(=O)c2c(nc3n(-c4cc(OC)ccc4OC)c(C)c(C)n23)n(C)c1=O. The molecule has 0 saturated carbocycles. The minimum absolute atomic E-state index is 0.184. The minimum Gasteiger partial charge on any atom is -0.497 e. The molecule has 0 radical (unpaired) electrons. The molecule has 3 heterocycles. The predicted molar refractivity (Wildman–Crippen MR) is 121 cm³/mol.